The highest BCUT2D eigenvalue weighted by Gasteiger charge is 2.13. The van der Waals surface area contributed by atoms with Crippen molar-refractivity contribution in [2.45, 2.75) is 6.92 Å². The van der Waals surface area contributed by atoms with E-state index in [9.17, 15) is 4.79 Å². The van der Waals surface area contributed by atoms with Gasteiger partial charge in [0.05, 0.1) is 18.9 Å². The number of fused-ring (bicyclic) bond motifs is 1. The Morgan fingerprint density at radius 2 is 2.15 bits per heavy atom. The molecule has 2 heterocycles. The van der Waals surface area contributed by atoms with Crippen molar-refractivity contribution >= 4 is 65.5 Å². The monoisotopic (exact) mass is 367 g/mol. The number of nitrogens with zero attached hydrogens (tertiary/aromatic N) is 1. The third-order valence-corrected chi connectivity index (χ3v) is 5.78. The van der Waals surface area contributed by atoms with Gasteiger partial charge in [0, 0.05) is 5.69 Å². The minimum absolute atomic E-state index is 0.143. The third kappa shape index (κ3) is 2.56. The van der Waals surface area contributed by atoms with E-state index < -0.39 is 0 Å². The van der Waals surface area contributed by atoms with E-state index >= 15 is 0 Å². The SMILES string of the molecule is Cc1cc(C(=O)Nc2nc3ccc(N)cc3s2)sc1Br. The van der Waals surface area contributed by atoms with Crippen molar-refractivity contribution in [3.63, 3.8) is 0 Å². The molecule has 0 aliphatic carbocycles. The number of carbonyl (C=O) groups is 1. The molecule has 0 fully saturated rings. The molecule has 0 spiro atoms. The van der Waals surface area contributed by atoms with Gasteiger partial charge < -0.3 is 5.73 Å². The van der Waals surface area contributed by atoms with Gasteiger partial charge in [-0.3, -0.25) is 10.1 Å². The maximum absolute atomic E-state index is 12.1. The van der Waals surface area contributed by atoms with Crippen LogP contribution in [-0.4, -0.2) is 10.9 Å². The van der Waals surface area contributed by atoms with Crippen LogP contribution in [0.5, 0.6) is 0 Å². The molecule has 20 heavy (non-hydrogen) atoms. The van der Waals surface area contributed by atoms with Crippen LogP contribution in [0.2, 0.25) is 0 Å². The van der Waals surface area contributed by atoms with E-state index in [2.05, 4.69) is 26.2 Å². The summed E-state index contributed by atoms with van der Waals surface area (Å²) in [6.07, 6.45) is 0. The van der Waals surface area contributed by atoms with Crippen LogP contribution in [0.15, 0.2) is 28.1 Å². The van der Waals surface area contributed by atoms with E-state index in [1.807, 2.05) is 25.1 Å². The van der Waals surface area contributed by atoms with Gasteiger partial charge in [-0.2, -0.15) is 0 Å². The van der Waals surface area contributed by atoms with E-state index in [0.717, 1.165) is 19.6 Å². The van der Waals surface area contributed by atoms with Crippen LogP contribution in [0.1, 0.15) is 15.2 Å². The largest absolute Gasteiger partial charge is 0.399 e. The van der Waals surface area contributed by atoms with Crippen LogP contribution in [0, 0.1) is 6.92 Å². The second-order valence-electron chi connectivity index (χ2n) is 4.27. The number of amides is 1. The van der Waals surface area contributed by atoms with Gasteiger partial charge in [-0.25, -0.2) is 4.98 Å². The Morgan fingerprint density at radius 1 is 1.35 bits per heavy atom. The Hall–Kier alpha value is -1.44. The van der Waals surface area contributed by atoms with Gasteiger partial charge in [-0.05, 0) is 52.7 Å². The molecular formula is C13H10BrN3OS2. The van der Waals surface area contributed by atoms with E-state index in [4.69, 9.17) is 5.73 Å². The smallest absolute Gasteiger partial charge is 0.267 e. The Kier molecular flexibility index (Phi) is 3.49. The second kappa shape index (κ2) is 5.16. The highest BCUT2D eigenvalue weighted by Crippen LogP contribution is 2.30. The zero-order valence-electron chi connectivity index (χ0n) is 10.4. The van der Waals surface area contributed by atoms with E-state index in [1.54, 1.807) is 6.07 Å². The van der Waals surface area contributed by atoms with Gasteiger partial charge in [0.1, 0.15) is 0 Å². The second-order valence-corrected chi connectivity index (χ2v) is 7.67. The number of thiophene rings is 1. The molecule has 102 valence electrons. The van der Waals surface area contributed by atoms with Crippen molar-refractivity contribution in [1.82, 2.24) is 4.98 Å². The highest BCUT2D eigenvalue weighted by molar-refractivity contribution is 9.11. The van der Waals surface area contributed by atoms with Crippen molar-refractivity contribution in [3.05, 3.63) is 38.5 Å². The van der Waals surface area contributed by atoms with Crippen molar-refractivity contribution in [2.75, 3.05) is 11.1 Å². The lowest BCUT2D eigenvalue weighted by atomic mass is 10.3. The normalized spacial score (nSPS) is 10.9. The van der Waals surface area contributed by atoms with Gasteiger partial charge in [0.2, 0.25) is 0 Å². The first kappa shape index (κ1) is 13.5. The molecule has 0 aliphatic rings. The first-order chi connectivity index (χ1) is 9.52. The minimum Gasteiger partial charge on any atom is -0.399 e. The van der Waals surface area contributed by atoms with Crippen LogP contribution in [0.3, 0.4) is 0 Å². The number of halogens is 1. The number of carbonyl (C=O) groups excluding carboxylic acids is 1. The van der Waals surface area contributed by atoms with Gasteiger partial charge in [0.15, 0.2) is 5.13 Å². The number of aromatic nitrogens is 1. The van der Waals surface area contributed by atoms with E-state index in [-0.39, 0.29) is 5.91 Å². The molecule has 3 N–H and O–H groups in total. The first-order valence-corrected chi connectivity index (χ1v) is 8.19. The molecule has 7 heteroatoms. The first-order valence-electron chi connectivity index (χ1n) is 5.76. The maximum Gasteiger partial charge on any atom is 0.267 e. The van der Waals surface area contributed by atoms with Crippen LogP contribution in [0.25, 0.3) is 10.2 Å². The number of benzene rings is 1. The summed E-state index contributed by atoms with van der Waals surface area (Å²) >= 11 is 6.25. The number of nitrogen functional groups attached to an aromatic ring is 1. The molecule has 3 rings (SSSR count). The Balaban J connectivity index is 1.87. The summed E-state index contributed by atoms with van der Waals surface area (Å²) < 4.78 is 1.93. The summed E-state index contributed by atoms with van der Waals surface area (Å²) in [7, 11) is 0. The number of rotatable bonds is 2. The lowest BCUT2D eigenvalue weighted by Gasteiger charge is -1.96. The van der Waals surface area contributed by atoms with E-state index in [1.165, 1.54) is 22.7 Å². The summed E-state index contributed by atoms with van der Waals surface area (Å²) in [4.78, 5) is 17.2. The molecular weight excluding hydrogens is 358 g/mol. The highest BCUT2D eigenvalue weighted by atomic mass is 79.9. The molecule has 0 unspecified atom stereocenters. The lowest BCUT2D eigenvalue weighted by Crippen LogP contribution is -2.09. The topological polar surface area (TPSA) is 68.0 Å². The average Bonchev–Trinajstić information content (AvgIpc) is 2.93. The summed E-state index contributed by atoms with van der Waals surface area (Å²) in [5, 5.41) is 3.41. The average molecular weight is 368 g/mol. The Labute approximate surface area is 131 Å². The number of aryl methyl sites for hydroxylation is 1. The standard InChI is InChI=1S/C13H10BrN3OS2/c1-6-4-10(19-11(6)14)12(18)17-13-16-8-3-2-7(15)5-9(8)20-13/h2-5H,15H2,1H3,(H,16,17,18). The van der Waals surface area contributed by atoms with Crippen LogP contribution < -0.4 is 11.1 Å². The third-order valence-electron chi connectivity index (χ3n) is 2.71. The summed E-state index contributed by atoms with van der Waals surface area (Å²) in [6, 6.07) is 7.36. The van der Waals surface area contributed by atoms with Crippen LogP contribution in [-0.2, 0) is 0 Å². The van der Waals surface area contributed by atoms with Crippen molar-refractivity contribution in [1.29, 1.82) is 0 Å². The molecule has 4 nitrogen and oxygen atoms in total. The number of thiazole rings is 1. The van der Waals surface area contributed by atoms with Crippen LogP contribution in [0.4, 0.5) is 10.8 Å². The molecule has 0 radical (unpaired) electrons. The number of hydrogen-bond acceptors (Lipinski definition) is 5. The van der Waals surface area contributed by atoms with Crippen molar-refractivity contribution < 1.29 is 4.79 Å². The molecule has 1 aromatic carbocycles. The van der Waals surface area contributed by atoms with Gasteiger partial charge >= 0.3 is 0 Å². The summed E-state index contributed by atoms with van der Waals surface area (Å²) in [5.41, 5.74) is 8.31. The molecule has 0 aliphatic heterocycles. The number of anilines is 2. The molecule has 0 saturated heterocycles. The Morgan fingerprint density at radius 3 is 2.85 bits per heavy atom. The zero-order chi connectivity index (χ0) is 14.3. The summed E-state index contributed by atoms with van der Waals surface area (Å²) in [5.74, 6) is -0.143. The molecule has 3 aromatic rings. The number of nitrogens with one attached hydrogen (secondary N) is 1. The Bertz CT molecular complexity index is 790. The number of hydrogen-bond donors (Lipinski definition) is 2. The van der Waals surface area contributed by atoms with Crippen LogP contribution >= 0.6 is 38.6 Å². The van der Waals surface area contributed by atoms with Gasteiger partial charge in [-0.15, -0.1) is 11.3 Å². The van der Waals surface area contributed by atoms with Crippen molar-refractivity contribution in [2.24, 2.45) is 0 Å². The number of nitrogens with two attached hydrogens (primary N) is 1. The fraction of sp³-hybridized carbons (Fsp3) is 0.0769. The fourth-order valence-corrected chi connectivity index (χ4v) is 4.06. The molecule has 0 atom stereocenters. The lowest BCUT2D eigenvalue weighted by molar-refractivity contribution is 0.103. The van der Waals surface area contributed by atoms with E-state index in [0.29, 0.717) is 15.7 Å². The van der Waals surface area contributed by atoms with Gasteiger partial charge in [-0.1, -0.05) is 11.3 Å². The predicted octanol–water partition coefficient (Wildman–Crippen LogP) is 4.26. The molecule has 2 aromatic heterocycles. The molecule has 1 amide bonds. The fourth-order valence-electron chi connectivity index (χ4n) is 1.73. The molecule has 0 bridgehead atoms. The van der Waals surface area contributed by atoms with Crippen molar-refractivity contribution in [3.8, 4) is 0 Å². The maximum atomic E-state index is 12.1. The quantitative estimate of drug-likeness (QED) is 0.664. The zero-order valence-corrected chi connectivity index (χ0v) is 13.7. The molecule has 0 saturated carbocycles. The summed E-state index contributed by atoms with van der Waals surface area (Å²) in [6.45, 7) is 1.96. The van der Waals surface area contributed by atoms with Gasteiger partial charge in [0.25, 0.3) is 5.91 Å². The predicted molar refractivity (Wildman–Crippen MR) is 88.7 cm³/mol. The minimum atomic E-state index is -0.143.